The second kappa shape index (κ2) is 8.72. The van der Waals surface area contributed by atoms with Crippen LogP contribution < -0.4 is 0 Å². The first-order valence-corrected chi connectivity index (χ1v) is 9.54. The summed E-state index contributed by atoms with van der Waals surface area (Å²) in [4.78, 5) is 0. The third-order valence-electron chi connectivity index (χ3n) is 5.75. The fourth-order valence-corrected chi connectivity index (χ4v) is 3.79. The SMILES string of the molecule is CC(O)(COCC(COCC(C)(O)C(F)(F)F)CC1CC2C=CC1C2)C(F)(F)F. The van der Waals surface area contributed by atoms with E-state index in [4.69, 9.17) is 9.47 Å². The molecule has 10 heteroatoms. The molecule has 0 amide bonds. The Balaban J connectivity index is 1.90. The number of hydrogen-bond donors (Lipinski definition) is 2. The van der Waals surface area contributed by atoms with E-state index in [-0.39, 0.29) is 19.1 Å². The van der Waals surface area contributed by atoms with Crippen molar-refractivity contribution in [2.75, 3.05) is 26.4 Å². The number of allylic oxidation sites excluding steroid dienone is 2. The fourth-order valence-electron chi connectivity index (χ4n) is 3.79. The van der Waals surface area contributed by atoms with Gasteiger partial charge in [0.1, 0.15) is 0 Å². The molecule has 0 saturated heterocycles. The molecule has 5 atom stereocenters. The molecule has 1 saturated carbocycles. The largest absolute Gasteiger partial charge is 0.419 e. The average Bonchev–Trinajstić information content (AvgIpc) is 3.14. The molecule has 29 heavy (non-hydrogen) atoms. The van der Waals surface area contributed by atoms with Gasteiger partial charge in [-0.25, -0.2) is 0 Å². The zero-order chi connectivity index (χ0) is 22.1. The van der Waals surface area contributed by atoms with Crippen LogP contribution in [-0.2, 0) is 9.47 Å². The van der Waals surface area contributed by atoms with Crippen LogP contribution in [0.5, 0.6) is 0 Å². The Kier molecular flexibility index (Phi) is 7.35. The molecule has 170 valence electrons. The molecule has 2 bridgehead atoms. The normalized spacial score (nSPS) is 29.7. The first kappa shape index (κ1) is 24.4. The summed E-state index contributed by atoms with van der Waals surface area (Å²) < 4.78 is 86.6. The van der Waals surface area contributed by atoms with Crippen LogP contribution in [0.15, 0.2) is 12.2 Å². The van der Waals surface area contributed by atoms with E-state index in [1.54, 1.807) is 0 Å². The van der Waals surface area contributed by atoms with Crippen molar-refractivity contribution in [1.29, 1.82) is 0 Å². The Labute approximate surface area is 165 Å². The molecule has 5 unspecified atom stereocenters. The lowest BCUT2D eigenvalue weighted by Gasteiger charge is -2.30. The van der Waals surface area contributed by atoms with E-state index in [0.717, 1.165) is 12.8 Å². The molecule has 2 aliphatic rings. The van der Waals surface area contributed by atoms with Crippen LogP contribution in [-0.4, -0.2) is 60.2 Å². The Bertz CT molecular complexity index is 538. The smallest absolute Gasteiger partial charge is 0.379 e. The number of ether oxygens (including phenoxy) is 2. The molecule has 0 radical (unpaired) electrons. The molecule has 0 aromatic heterocycles. The van der Waals surface area contributed by atoms with Gasteiger partial charge in [-0.1, -0.05) is 12.2 Å². The zero-order valence-corrected chi connectivity index (χ0v) is 16.4. The molecule has 0 heterocycles. The summed E-state index contributed by atoms with van der Waals surface area (Å²) >= 11 is 0. The second-order valence-electron chi connectivity index (χ2n) is 8.72. The van der Waals surface area contributed by atoms with Crippen molar-refractivity contribution in [3.63, 3.8) is 0 Å². The number of aliphatic hydroxyl groups is 2. The fraction of sp³-hybridized carbons (Fsp3) is 0.895. The Morgan fingerprint density at radius 1 is 0.862 bits per heavy atom. The molecule has 0 spiro atoms. The van der Waals surface area contributed by atoms with Crippen LogP contribution in [0.3, 0.4) is 0 Å². The second-order valence-corrected chi connectivity index (χ2v) is 8.72. The summed E-state index contributed by atoms with van der Waals surface area (Å²) in [5.41, 5.74) is -6.04. The van der Waals surface area contributed by atoms with Gasteiger partial charge in [-0.05, 0) is 50.9 Å². The number of fused-ring (bicyclic) bond motifs is 2. The molecular formula is C19H28F6O4. The summed E-state index contributed by atoms with van der Waals surface area (Å²) in [5, 5.41) is 18.9. The average molecular weight is 434 g/mol. The lowest BCUT2D eigenvalue weighted by molar-refractivity contribution is -0.271. The highest BCUT2D eigenvalue weighted by Gasteiger charge is 2.51. The van der Waals surface area contributed by atoms with Gasteiger partial charge in [0.25, 0.3) is 0 Å². The highest BCUT2D eigenvalue weighted by Crippen LogP contribution is 2.46. The molecule has 0 aromatic rings. The maximum atomic E-state index is 12.7. The Morgan fingerprint density at radius 3 is 1.69 bits per heavy atom. The lowest BCUT2D eigenvalue weighted by atomic mass is 9.85. The maximum Gasteiger partial charge on any atom is 0.419 e. The van der Waals surface area contributed by atoms with Crippen LogP contribution in [0, 0.1) is 23.7 Å². The van der Waals surface area contributed by atoms with Crippen molar-refractivity contribution in [3.05, 3.63) is 12.2 Å². The first-order valence-electron chi connectivity index (χ1n) is 9.54. The standard InChI is InChI=1S/C19H28F6O4/c1-16(26,18(20,21)22)10-28-8-13(7-15-6-12-3-4-14(15)5-12)9-29-11-17(2,27)19(23,24)25/h3-4,12-15,26-27H,5-11H2,1-2H3. The van der Waals surface area contributed by atoms with Gasteiger partial charge >= 0.3 is 12.4 Å². The molecule has 2 rings (SSSR count). The highest BCUT2D eigenvalue weighted by atomic mass is 19.4. The summed E-state index contributed by atoms with van der Waals surface area (Å²) in [6.45, 7) is -1.16. The van der Waals surface area contributed by atoms with Gasteiger partial charge in [0.15, 0.2) is 11.2 Å². The molecule has 0 aromatic carbocycles. The van der Waals surface area contributed by atoms with E-state index in [1.807, 2.05) is 0 Å². The van der Waals surface area contributed by atoms with Crippen molar-refractivity contribution in [1.82, 2.24) is 0 Å². The van der Waals surface area contributed by atoms with Crippen molar-refractivity contribution in [2.24, 2.45) is 23.7 Å². The van der Waals surface area contributed by atoms with Crippen LogP contribution in [0.2, 0.25) is 0 Å². The Hall–Kier alpha value is -0.840. The van der Waals surface area contributed by atoms with Gasteiger partial charge in [-0.3, -0.25) is 0 Å². The predicted molar refractivity (Wildman–Crippen MR) is 91.9 cm³/mol. The minimum atomic E-state index is -4.86. The monoisotopic (exact) mass is 434 g/mol. The van der Waals surface area contributed by atoms with E-state index in [1.165, 1.54) is 0 Å². The minimum Gasteiger partial charge on any atom is -0.379 e. The van der Waals surface area contributed by atoms with Gasteiger partial charge in [0, 0.05) is 5.92 Å². The minimum absolute atomic E-state index is 0.196. The van der Waals surface area contributed by atoms with E-state index in [2.05, 4.69) is 12.2 Å². The number of halogens is 6. The summed E-state index contributed by atoms with van der Waals surface area (Å²) in [6.07, 6.45) is -3.05. The van der Waals surface area contributed by atoms with E-state index >= 15 is 0 Å². The van der Waals surface area contributed by atoms with Crippen LogP contribution in [0.1, 0.15) is 33.1 Å². The molecule has 2 aliphatic carbocycles. The van der Waals surface area contributed by atoms with Gasteiger partial charge in [-0.2, -0.15) is 26.3 Å². The maximum absolute atomic E-state index is 12.7. The Morgan fingerprint density at radius 2 is 1.34 bits per heavy atom. The van der Waals surface area contributed by atoms with Crippen LogP contribution in [0.4, 0.5) is 26.3 Å². The van der Waals surface area contributed by atoms with Crippen molar-refractivity contribution < 1.29 is 46.0 Å². The number of alkyl halides is 6. The van der Waals surface area contributed by atoms with Crippen LogP contribution >= 0.6 is 0 Å². The van der Waals surface area contributed by atoms with Gasteiger partial charge in [0.05, 0.1) is 26.4 Å². The molecule has 2 N–H and O–H groups in total. The zero-order valence-electron chi connectivity index (χ0n) is 16.4. The summed E-state index contributed by atoms with van der Waals surface area (Å²) in [6, 6.07) is 0. The topological polar surface area (TPSA) is 58.9 Å². The van der Waals surface area contributed by atoms with E-state index in [0.29, 0.717) is 32.1 Å². The van der Waals surface area contributed by atoms with E-state index in [9.17, 15) is 36.6 Å². The third kappa shape index (κ3) is 6.32. The summed E-state index contributed by atoms with van der Waals surface area (Å²) in [5.74, 6) is 0.609. The van der Waals surface area contributed by atoms with Crippen molar-refractivity contribution in [2.45, 2.75) is 56.7 Å². The number of hydrogen-bond acceptors (Lipinski definition) is 4. The van der Waals surface area contributed by atoms with Crippen LogP contribution in [0.25, 0.3) is 0 Å². The van der Waals surface area contributed by atoms with Gasteiger partial charge in [0.2, 0.25) is 0 Å². The lowest BCUT2D eigenvalue weighted by Crippen LogP contribution is -2.47. The third-order valence-corrected chi connectivity index (χ3v) is 5.75. The first-order chi connectivity index (χ1) is 13.1. The highest BCUT2D eigenvalue weighted by molar-refractivity contribution is 5.10. The summed E-state index contributed by atoms with van der Waals surface area (Å²) in [7, 11) is 0. The predicted octanol–water partition coefficient (Wildman–Crippen LogP) is 3.86. The van der Waals surface area contributed by atoms with Crippen molar-refractivity contribution >= 4 is 0 Å². The molecule has 0 aliphatic heterocycles. The molecular weight excluding hydrogens is 406 g/mol. The molecule has 1 fully saturated rings. The van der Waals surface area contributed by atoms with Gasteiger partial charge < -0.3 is 19.7 Å². The van der Waals surface area contributed by atoms with E-state index < -0.39 is 42.7 Å². The number of rotatable bonds is 10. The van der Waals surface area contributed by atoms with Crippen molar-refractivity contribution in [3.8, 4) is 0 Å². The van der Waals surface area contributed by atoms with Gasteiger partial charge in [-0.15, -0.1) is 0 Å². The quantitative estimate of drug-likeness (QED) is 0.405. The molecule has 4 nitrogen and oxygen atoms in total.